The van der Waals surface area contributed by atoms with Crippen molar-refractivity contribution in [1.29, 1.82) is 0 Å². The predicted molar refractivity (Wildman–Crippen MR) is 84.9 cm³/mol. The summed E-state index contributed by atoms with van der Waals surface area (Å²) in [5.74, 6) is 0.830. The van der Waals surface area contributed by atoms with Gasteiger partial charge in [0, 0.05) is 26.0 Å². The lowest BCUT2D eigenvalue weighted by Crippen LogP contribution is -1.96. The first-order valence-electron chi connectivity index (χ1n) is 6.15. The van der Waals surface area contributed by atoms with E-state index in [2.05, 4.69) is 28.9 Å². The van der Waals surface area contributed by atoms with Crippen LogP contribution in [0.15, 0.2) is 56.7 Å². The Kier molecular flexibility index (Phi) is 5.16. The second kappa shape index (κ2) is 6.87. The molecule has 100 valence electrons. The summed E-state index contributed by atoms with van der Waals surface area (Å²) in [7, 11) is 0. The Morgan fingerprint density at radius 2 is 2.00 bits per heavy atom. The maximum atomic E-state index is 5.92. The third-order valence-electron chi connectivity index (χ3n) is 2.44. The number of halogens is 1. The molecule has 0 saturated heterocycles. The van der Waals surface area contributed by atoms with Gasteiger partial charge in [0.25, 0.3) is 0 Å². The van der Waals surface area contributed by atoms with Crippen molar-refractivity contribution in [1.82, 2.24) is 0 Å². The lowest BCUT2D eigenvalue weighted by molar-refractivity contribution is 0.317. The molecule has 2 nitrogen and oxygen atoms in total. The van der Waals surface area contributed by atoms with Crippen molar-refractivity contribution in [2.45, 2.75) is 23.1 Å². The van der Waals surface area contributed by atoms with E-state index in [0.29, 0.717) is 6.61 Å². The maximum absolute atomic E-state index is 5.92. The Hall–Kier alpha value is -1.13. The van der Waals surface area contributed by atoms with Gasteiger partial charge in [-0.3, -0.25) is 0 Å². The molecule has 2 aromatic rings. The van der Waals surface area contributed by atoms with Crippen LogP contribution in [0.5, 0.6) is 5.75 Å². The van der Waals surface area contributed by atoms with Gasteiger partial charge in [0.05, 0.1) is 6.61 Å². The van der Waals surface area contributed by atoms with Crippen molar-refractivity contribution in [3.05, 3.63) is 46.9 Å². The monoisotopic (exact) mass is 337 g/mol. The fourth-order valence-electron chi connectivity index (χ4n) is 1.61. The number of hydrogen-bond donors (Lipinski definition) is 1. The average Bonchev–Trinajstić information content (AvgIpc) is 2.38. The van der Waals surface area contributed by atoms with E-state index < -0.39 is 0 Å². The maximum Gasteiger partial charge on any atom is 0.122 e. The van der Waals surface area contributed by atoms with Gasteiger partial charge in [-0.1, -0.05) is 30.8 Å². The van der Waals surface area contributed by atoms with Gasteiger partial charge in [0.15, 0.2) is 0 Å². The molecule has 0 aliphatic heterocycles. The van der Waals surface area contributed by atoms with Crippen LogP contribution in [-0.4, -0.2) is 6.61 Å². The Bertz CT molecular complexity index is 560. The van der Waals surface area contributed by atoms with Crippen LogP contribution in [0.1, 0.15) is 13.3 Å². The summed E-state index contributed by atoms with van der Waals surface area (Å²) in [6.45, 7) is 2.80. The summed E-state index contributed by atoms with van der Waals surface area (Å²) in [6, 6.07) is 14.0. The third-order valence-corrected chi connectivity index (χ3v) is 4.44. The Balaban J connectivity index is 2.20. The molecular formula is C15H16BrNOS. The largest absolute Gasteiger partial charge is 0.493 e. The van der Waals surface area contributed by atoms with Gasteiger partial charge >= 0.3 is 0 Å². The topological polar surface area (TPSA) is 35.2 Å². The van der Waals surface area contributed by atoms with Crippen LogP contribution in [0.4, 0.5) is 5.69 Å². The minimum atomic E-state index is 0.711. The van der Waals surface area contributed by atoms with Gasteiger partial charge in [-0.25, -0.2) is 0 Å². The molecule has 2 rings (SSSR count). The first-order chi connectivity index (χ1) is 9.19. The van der Waals surface area contributed by atoms with Gasteiger partial charge < -0.3 is 10.5 Å². The third kappa shape index (κ3) is 4.18. The minimum absolute atomic E-state index is 0.711. The molecule has 4 heteroatoms. The van der Waals surface area contributed by atoms with E-state index in [1.54, 1.807) is 11.8 Å². The zero-order valence-electron chi connectivity index (χ0n) is 10.7. The van der Waals surface area contributed by atoms with E-state index in [1.165, 1.54) is 0 Å². The van der Waals surface area contributed by atoms with Crippen LogP contribution in [0.3, 0.4) is 0 Å². The van der Waals surface area contributed by atoms with Crippen LogP contribution in [0.2, 0.25) is 0 Å². The fraction of sp³-hybridized carbons (Fsp3) is 0.200. The van der Waals surface area contributed by atoms with Crippen molar-refractivity contribution < 1.29 is 4.74 Å². The second-order valence-corrected chi connectivity index (χ2v) is 6.09. The van der Waals surface area contributed by atoms with Crippen molar-refractivity contribution in [3.63, 3.8) is 0 Å². The number of ether oxygens (including phenoxy) is 1. The molecule has 0 aromatic heterocycles. The van der Waals surface area contributed by atoms with E-state index in [9.17, 15) is 0 Å². The summed E-state index contributed by atoms with van der Waals surface area (Å²) in [5.41, 5.74) is 6.64. The van der Waals surface area contributed by atoms with Gasteiger partial charge in [0.1, 0.15) is 5.75 Å². The van der Waals surface area contributed by atoms with Crippen LogP contribution in [-0.2, 0) is 0 Å². The molecule has 0 aliphatic rings. The van der Waals surface area contributed by atoms with Gasteiger partial charge in [-0.15, -0.1) is 0 Å². The molecule has 0 spiro atoms. The average molecular weight is 338 g/mol. The molecule has 0 atom stereocenters. The van der Waals surface area contributed by atoms with E-state index in [0.717, 1.165) is 32.1 Å². The first kappa shape index (κ1) is 14.3. The molecule has 2 N–H and O–H groups in total. The molecule has 0 amide bonds. The van der Waals surface area contributed by atoms with Crippen LogP contribution >= 0.6 is 27.7 Å². The lowest BCUT2D eigenvalue weighted by Gasteiger charge is -2.09. The first-order valence-corrected chi connectivity index (χ1v) is 7.75. The summed E-state index contributed by atoms with van der Waals surface area (Å²) in [4.78, 5) is 2.24. The molecule has 2 aromatic carbocycles. The molecule has 0 unspecified atom stereocenters. The van der Waals surface area contributed by atoms with Crippen molar-refractivity contribution >= 4 is 33.4 Å². The highest BCUT2D eigenvalue weighted by Gasteiger charge is 2.05. The van der Waals surface area contributed by atoms with Gasteiger partial charge in [-0.05, 0) is 46.6 Å². The van der Waals surface area contributed by atoms with E-state index in [-0.39, 0.29) is 0 Å². The van der Waals surface area contributed by atoms with E-state index >= 15 is 0 Å². The summed E-state index contributed by atoms with van der Waals surface area (Å²) in [6.07, 6.45) is 0.988. The zero-order chi connectivity index (χ0) is 13.7. The highest BCUT2D eigenvalue weighted by molar-refractivity contribution is 9.10. The smallest absolute Gasteiger partial charge is 0.122 e. The van der Waals surface area contributed by atoms with Crippen LogP contribution in [0, 0.1) is 0 Å². The molecule has 0 aliphatic carbocycles. The molecule has 0 fully saturated rings. The fourth-order valence-corrected chi connectivity index (χ4v) is 3.07. The van der Waals surface area contributed by atoms with E-state index in [1.807, 2.05) is 36.4 Å². The number of nitrogen functional groups attached to an aromatic ring is 1. The highest BCUT2D eigenvalue weighted by Crippen LogP contribution is 2.36. The number of anilines is 1. The Labute approximate surface area is 126 Å². The number of nitrogens with two attached hydrogens (primary N) is 1. The van der Waals surface area contributed by atoms with Crippen LogP contribution in [0.25, 0.3) is 0 Å². The molecule has 0 saturated carbocycles. The van der Waals surface area contributed by atoms with E-state index in [4.69, 9.17) is 10.5 Å². The SMILES string of the molecule is CCCOc1cc(N)cc(Sc2ccccc2Br)c1. The summed E-state index contributed by atoms with van der Waals surface area (Å²) in [5, 5.41) is 0. The van der Waals surface area contributed by atoms with Gasteiger partial charge in [-0.2, -0.15) is 0 Å². The molecule has 0 radical (unpaired) electrons. The second-order valence-electron chi connectivity index (χ2n) is 4.12. The van der Waals surface area contributed by atoms with Crippen molar-refractivity contribution in [2.75, 3.05) is 12.3 Å². The molecule has 19 heavy (non-hydrogen) atoms. The predicted octanol–water partition coefficient (Wildman–Crippen LogP) is 4.97. The molecule has 0 heterocycles. The quantitative estimate of drug-likeness (QED) is 0.782. The van der Waals surface area contributed by atoms with Crippen LogP contribution < -0.4 is 10.5 Å². The van der Waals surface area contributed by atoms with Crippen molar-refractivity contribution in [2.24, 2.45) is 0 Å². The Morgan fingerprint density at radius 1 is 1.21 bits per heavy atom. The highest BCUT2D eigenvalue weighted by atomic mass is 79.9. The number of rotatable bonds is 5. The summed E-state index contributed by atoms with van der Waals surface area (Å²) < 4.78 is 6.72. The Morgan fingerprint density at radius 3 is 2.74 bits per heavy atom. The lowest BCUT2D eigenvalue weighted by atomic mass is 10.3. The number of benzene rings is 2. The zero-order valence-corrected chi connectivity index (χ0v) is 13.1. The minimum Gasteiger partial charge on any atom is -0.493 e. The molecule has 0 bridgehead atoms. The normalized spacial score (nSPS) is 10.4. The number of hydrogen-bond acceptors (Lipinski definition) is 3. The van der Waals surface area contributed by atoms with Gasteiger partial charge in [0.2, 0.25) is 0 Å². The van der Waals surface area contributed by atoms with Crippen molar-refractivity contribution in [3.8, 4) is 5.75 Å². The summed E-state index contributed by atoms with van der Waals surface area (Å²) >= 11 is 5.22. The molecular weight excluding hydrogens is 322 g/mol. The standard InChI is InChI=1S/C15H16BrNOS/c1-2-7-18-12-8-11(17)9-13(10-12)19-15-6-4-3-5-14(15)16/h3-6,8-10H,2,7,17H2,1H3.